The molecule has 4 N–H and O–H groups in total. The van der Waals surface area contributed by atoms with Crippen LogP contribution in [0.1, 0.15) is 11.1 Å². The van der Waals surface area contributed by atoms with Crippen molar-refractivity contribution in [1.29, 1.82) is 0 Å². The smallest absolute Gasteiger partial charge is 0.355 e. The van der Waals surface area contributed by atoms with Gasteiger partial charge in [0, 0.05) is 27.6 Å². The number of amides is 2. The Hall–Kier alpha value is -2.86. The molecule has 0 saturated carbocycles. The number of phenolic OH excluding ortho intramolecular Hbond substituents is 2. The first-order chi connectivity index (χ1) is 10.7. The zero-order chi connectivity index (χ0) is 15.8. The van der Waals surface area contributed by atoms with E-state index in [1.54, 1.807) is 36.4 Å². The Morgan fingerprint density at radius 2 is 1.22 bits per heavy atom. The quantitative estimate of drug-likeness (QED) is 0.381. The number of phenols is 2. The molecule has 2 amide bonds. The van der Waals surface area contributed by atoms with E-state index < -0.39 is 6.03 Å². The summed E-state index contributed by atoms with van der Waals surface area (Å²) in [4.78, 5) is 11.4. The maximum absolute atomic E-state index is 11.4. The van der Waals surface area contributed by atoms with Gasteiger partial charge in [-0.1, -0.05) is 24.3 Å². The number of nitrogens with one attached hydrogen (secondary N) is 2. The zero-order valence-corrected chi connectivity index (χ0v) is 12.8. The third-order valence-corrected chi connectivity index (χ3v) is 2.61. The van der Waals surface area contributed by atoms with Gasteiger partial charge in [0.15, 0.2) is 0 Å². The van der Waals surface area contributed by atoms with Gasteiger partial charge in [-0.15, -0.1) is 0 Å². The third kappa shape index (κ3) is 5.80. The van der Waals surface area contributed by atoms with Gasteiger partial charge in [-0.3, -0.25) is 0 Å². The number of carbonyl (C=O) groups is 1. The Kier molecular flexibility index (Phi) is 7.29. The molecule has 0 aromatic heterocycles. The minimum Gasteiger partial charge on any atom is -0.507 e. The summed E-state index contributed by atoms with van der Waals surface area (Å²) in [6.45, 7) is 0. The van der Waals surface area contributed by atoms with Gasteiger partial charge in [-0.2, -0.15) is 10.2 Å². The Morgan fingerprint density at radius 3 is 1.61 bits per heavy atom. The summed E-state index contributed by atoms with van der Waals surface area (Å²) in [5.74, 6) is 0.122. The van der Waals surface area contributed by atoms with Crippen molar-refractivity contribution in [2.45, 2.75) is 0 Å². The molecule has 0 aliphatic heterocycles. The molecule has 0 unspecified atom stereocenters. The molecule has 0 heterocycles. The van der Waals surface area contributed by atoms with Gasteiger partial charge in [0.2, 0.25) is 0 Å². The predicted molar refractivity (Wildman–Crippen MR) is 83.1 cm³/mol. The summed E-state index contributed by atoms with van der Waals surface area (Å²) >= 11 is 0. The summed E-state index contributed by atoms with van der Waals surface area (Å²) in [5, 5.41) is 26.4. The molecule has 2 rings (SSSR count). The molecule has 0 saturated heterocycles. The van der Waals surface area contributed by atoms with E-state index >= 15 is 0 Å². The van der Waals surface area contributed by atoms with Crippen LogP contribution in [0.4, 0.5) is 4.79 Å². The Morgan fingerprint density at radius 1 is 0.826 bits per heavy atom. The molecule has 2 aromatic carbocycles. The number of benzene rings is 2. The maximum atomic E-state index is 11.4. The summed E-state index contributed by atoms with van der Waals surface area (Å²) in [5.41, 5.74) is 5.33. The number of carbonyl (C=O) groups excluding carboxylic acids is 1. The second-order valence-corrected chi connectivity index (χ2v) is 4.19. The SMILES string of the molecule is O=C(N/N=C/c1ccccc1O)N/N=C/c1ccccc1O.[Ni]. The van der Waals surface area contributed by atoms with Gasteiger partial charge in [0.25, 0.3) is 0 Å². The van der Waals surface area contributed by atoms with E-state index in [1.165, 1.54) is 24.6 Å². The normalized spacial score (nSPS) is 10.4. The summed E-state index contributed by atoms with van der Waals surface area (Å²) < 4.78 is 0. The van der Waals surface area contributed by atoms with Crippen molar-refractivity contribution in [1.82, 2.24) is 10.9 Å². The van der Waals surface area contributed by atoms with E-state index in [4.69, 9.17) is 0 Å². The predicted octanol–water partition coefficient (Wildman–Crippen LogP) is 1.76. The van der Waals surface area contributed by atoms with Gasteiger partial charge in [-0.25, -0.2) is 15.6 Å². The fourth-order valence-corrected chi connectivity index (χ4v) is 1.54. The van der Waals surface area contributed by atoms with Crippen LogP contribution in [0.15, 0.2) is 58.7 Å². The molecule has 0 atom stereocenters. The molecule has 23 heavy (non-hydrogen) atoms. The summed E-state index contributed by atoms with van der Waals surface area (Å²) in [7, 11) is 0. The average Bonchev–Trinajstić information content (AvgIpc) is 2.51. The van der Waals surface area contributed by atoms with E-state index in [0.29, 0.717) is 11.1 Å². The first-order valence-electron chi connectivity index (χ1n) is 6.35. The third-order valence-electron chi connectivity index (χ3n) is 2.61. The minimum atomic E-state index is -0.654. The van der Waals surface area contributed by atoms with E-state index in [1.807, 2.05) is 0 Å². The van der Waals surface area contributed by atoms with Crippen molar-refractivity contribution < 1.29 is 31.5 Å². The van der Waals surface area contributed by atoms with E-state index in [9.17, 15) is 15.0 Å². The number of para-hydroxylation sites is 2. The molecule has 8 heteroatoms. The standard InChI is InChI=1S/C15H14N4O3.Ni/c20-13-7-3-1-5-11(13)9-16-18-15(22)19-17-10-12-6-2-4-8-14(12)21;/h1-10,20-21H,(H2,18,19,22);/b16-9+,17-10+;. The van der Waals surface area contributed by atoms with Crippen LogP contribution >= 0.6 is 0 Å². The van der Waals surface area contributed by atoms with Crippen molar-refractivity contribution in [3.8, 4) is 11.5 Å². The van der Waals surface area contributed by atoms with E-state index in [2.05, 4.69) is 21.1 Å². The Labute approximate surface area is 142 Å². The molecule has 0 radical (unpaired) electrons. The zero-order valence-electron chi connectivity index (χ0n) is 11.8. The number of urea groups is 1. The van der Waals surface area contributed by atoms with Gasteiger partial charge in [-0.05, 0) is 24.3 Å². The van der Waals surface area contributed by atoms with Crippen molar-refractivity contribution in [3.63, 3.8) is 0 Å². The van der Waals surface area contributed by atoms with Gasteiger partial charge in [0.1, 0.15) is 11.5 Å². The van der Waals surface area contributed by atoms with Crippen LogP contribution < -0.4 is 10.9 Å². The van der Waals surface area contributed by atoms with Gasteiger partial charge in [0.05, 0.1) is 12.4 Å². The van der Waals surface area contributed by atoms with Crippen LogP contribution in [-0.2, 0) is 16.5 Å². The van der Waals surface area contributed by atoms with Gasteiger partial charge >= 0.3 is 6.03 Å². The van der Waals surface area contributed by atoms with Crippen molar-refractivity contribution >= 4 is 18.5 Å². The molecule has 0 aliphatic carbocycles. The first kappa shape index (κ1) is 18.2. The fraction of sp³-hybridized carbons (Fsp3) is 0. The fourth-order valence-electron chi connectivity index (χ4n) is 1.54. The van der Waals surface area contributed by atoms with E-state index in [-0.39, 0.29) is 28.0 Å². The molecular formula is C15H14N4NiO3. The molecule has 0 fully saturated rings. The Balaban J connectivity index is 0.00000264. The second-order valence-electron chi connectivity index (χ2n) is 4.19. The molecule has 0 aliphatic rings. The molecule has 122 valence electrons. The molecular weight excluding hydrogens is 343 g/mol. The number of hydrogen-bond acceptors (Lipinski definition) is 5. The summed E-state index contributed by atoms with van der Waals surface area (Å²) in [6, 6.07) is 12.5. The van der Waals surface area contributed by atoms with Crippen LogP contribution in [0.5, 0.6) is 11.5 Å². The number of rotatable bonds is 4. The number of hydrazone groups is 2. The van der Waals surface area contributed by atoms with Crippen LogP contribution in [0.2, 0.25) is 0 Å². The molecule has 0 spiro atoms. The molecule has 7 nitrogen and oxygen atoms in total. The van der Waals surface area contributed by atoms with Crippen molar-refractivity contribution in [2.24, 2.45) is 10.2 Å². The van der Waals surface area contributed by atoms with Crippen LogP contribution in [-0.4, -0.2) is 28.7 Å². The van der Waals surface area contributed by atoms with Crippen LogP contribution in [0.3, 0.4) is 0 Å². The van der Waals surface area contributed by atoms with Gasteiger partial charge < -0.3 is 10.2 Å². The monoisotopic (exact) mass is 356 g/mol. The van der Waals surface area contributed by atoms with Crippen LogP contribution in [0.25, 0.3) is 0 Å². The largest absolute Gasteiger partial charge is 0.507 e. The minimum absolute atomic E-state index is 0. The van der Waals surface area contributed by atoms with Crippen molar-refractivity contribution in [2.75, 3.05) is 0 Å². The molecule has 2 aromatic rings. The second kappa shape index (κ2) is 9.22. The van der Waals surface area contributed by atoms with E-state index in [0.717, 1.165) is 0 Å². The molecule has 0 bridgehead atoms. The number of nitrogens with zero attached hydrogens (tertiary/aromatic N) is 2. The maximum Gasteiger partial charge on any atom is 0.355 e. The van der Waals surface area contributed by atoms with Crippen molar-refractivity contribution in [3.05, 3.63) is 59.7 Å². The average molecular weight is 357 g/mol. The van der Waals surface area contributed by atoms with Crippen LogP contribution in [0, 0.1) is 0 Å². The summed E-state index contributed by atoms with van der Waals surface area (Å²) in [6.07, 6.45) is 2.61. The first-order valence-corrected chi connectivity index (χ1v) is 6.35. The Bertz CT molecular complexity index is 660. The topological polar surface area (TPSA) is 106 Å². The number of aromatic hydroxyl groups is 2. The number of hydrogen-bond donors (Lipinski definition) is 4.